The van der Waals surface area contributed by atoms with Crippen molar-refractivity contribution in [3.05, 3.63) is 36.4 Å². The Morgan fingerprint density at radius 1 is 1.05 bits per heavy atom. The van der Waals surface area contributed by atoms with E-state index in [0.29, 0.717) is 6.04 Å². The molecule has 2 nitrogen and oxygen atoms in total. The first kappa shape index (κ1) is 13.2. The van der Waals surface area contributed by atoms with Gasteiger partial charge >= 0.3 is 0 Å². The standard InChI is InChI=1S/C19H26N2/c1-14(19-13-15-4-5-16(19)12-15)20-17-6-8-18(9-7-17)21-10-2-3-11-21/h4-9,14-16,19-20H,2-3,10-13H2,1H3. The predicted molar refractivity (Wildman–Crippen MR) is 89.8 cm³/mol. The molecule has 21 heavy (non-hydrogen) atoms. The topological polar surface area (TPSA) is 15.3 Å². The Kier molecular flexibility index (Phi) is 3.40. The Balaban J connectivity index is 1.39. The normalized spacial score (nSPS) is 31.9. The van der Waals surface area contributed by atoms with Crippen molar-refractivity contribution < 1.29 is 0 Å². The average molecular weight is 282 g/mol. The highest BCUT2D eigenvalue weighted by Gasteiger charge is 2.38. The Morgan fingerprint density at radius 3 is 2.43 bits per heavy atom. The summed E-state index contributed by atoms with van der Waals surface area (Å²) in [5.74, 6) is 2.50. The van der Waals surface area contributed by atoms with Crippen molar-refractivity contribution in [2.45, 2.75) is 38.6 Å². The van der Waals surface area contributed by atoms with Crippen LogP contribution >= 0.6 is 0 Å². The quantitative estimate of drug-likeness (QED) is 0.828. The van der Waals surface area contributed by atoms with Crippen molar-refractivity contribution in [1.29, 1.82) is 0 Å². The molecule has 112 valence electrons. The van der Waals surface area contributed by atoms with Gasteiger partial charge in [-0.05, 0) is 74.6 Å². The van der Waals surface area contributed by atoms with E-state index in [1.807, 2.05) is 0 Å². The van der Waals surface area contributed by atoms with Crippen LogP contribution in [0.15, 0.2) is 36.4 Å². The lowest BCUT2D eigenvalue weighted by Crippen LogP contribution is -2.28. The van der Waals surface area contributed by atoms with Crippen LogP contribution < -0.4 is 10.2 Å². The second kappa shape index (κ2) is 5.40. The molecule has 4 rings (SSSR count). The van der Waals surface area contributed by atoms with Crippen LogP contribution in [0.1, 0.15) is 32.6 Å². The summed E-state index contributed by atoms with van der Waals surface area (Å²) in [6.45, 7) is 4.80. The van der Waals surface area contributed by atoms with E-state index in [9.17, 15) is 0 Å². The lowest BCUT2D eigenvalue weighted by atomic mass is 9.87. The Labute approximate surface area is 128 Å². The summed E-state index contributed by atoms with van der Waals surface area (Å²) >= 11 is 0. The Morgan fingerprint density at radius 2 is 1.81 bits per heavy atom. The first-order valence-electron chi connectivity index (χ1n) is 8.59. The summed E-state index contributed by atoms with van der Waals surface area (Å²) in [5.41, 5.74) is 2.66. The Bertz CT molecular complexity index is 513. The molecule has 0 amide bonds. The van der Waals surface area contributed by atoms with Gasteiger partial charge in [-0.2, -0.15) is 0 Å². The molecule has 4 unspecified atom stereocenters. The van der Waals surface area contributed by atoms with Crippen LogP contribution in [0.2, 0.25) is 0 Å². The van der Waals surface area contributed by atoms with Gasteiger partial charge in [-0.1, -0.05) is 12.2 Å². The number of fused-ring (bicyclic) bond motifs is 2. The molecule has 2 fully saturated rings. The van der Waals surface area contributed by atoms with Gasteiger partial charge in [0.1, 0.15) is 0 Å². The fraction of sp³-hybridized carbons (Fsp3) is 0.579. The fourth-order valence-electron chi connectivity index (χ4n) is 4.51. The van der Waals surface area contributed by atoms with Crippen LogP contribution in [-0.2, 0) is 0 Å². The molecule has 0 radical (unpaired) electrons. The summed E-state index contributed by atoms with van der Waals surface area (Å²) in [6, 6.07) is 9.64. The number of allylic oxidation sites excluding steroid dienone is 2. The number of nitrogens with one attached hydrogen (secondary N) is 1. The molecule has 2 bridgehead atoms. The first-order chi connectivity index (χ1) is 10.3. The largest absolute Gasteiger partial charge is 0.382 e. The van der Waals surface area contributed by atoms with Crippen LogP contribution in [0, 0.1) is 17.8 Å². The van der Waals surface area contributed by atoms with Crippen molar-refractivity contribution >= 4 is 11.4 Å². The van der Waals surface area contributed by atoms with E-state index in [-0.39, 0.29) is 0 Å². The van der Waals surface area contributed by atoms with Gasteiger partial charge < -0.3 is 10.2 Å². The van der Waals surface area contributed by atoms with Crippen molar-refractivity contribution in [2.24, 2.45) is 17.8 Å². The highest BCUT2D eigenvalue weighted by molar-refractivity contribution is 5.55. The molecular formula is C19H26N2. The van der Waals surface area contributed by atoms with Crippen molar-refractivity contribution in [1.82, 2.24) is 0 Å². The van der Waals surface area contributed by atoms with Crippen LogP contribution in [-0.4, -0.2) is 19.1 Å². The third-order valence-corrected chi connectivity index (χ3v) is 5.71. The van der Waals surface area contributed by atoms with E-state index < -0.39 is 0 Å². The van der Waals surface area contributed by atoms with E-state index >= 15 is 0 Å². The minimum absolute atomic E-state index is 0.572. The van der Waals surface area contributed by atoms with E-state index in [2.05, 4.69) is 53.6 Å². The average Bonchev–Trinajstić information content (AvgIpc) is 3.25. The Hall–Kier alpha value is -1.44. The van der Waals surface area contributed by atoms with Gasteiger partial charge in [0.2, 0.25) is 0 Å². The van der Waals surface area contributed by atoms with Gasteiger partial charge in [0, 0.05) is 30.5 Å². The molecule has 2 aliphatic carbocycles. The second-order valence-corrected chi connectivity index (χ2v) is 7.12. The highest BCUT2D eigenvalue weighted by atomic mass is 15.1. The van der Waals surface area contributed by atoms with Crippen molar-refractivity contribution in [2.75, 3.05) is 23.3 Å². The number of hydrogen-bond acceptors (Lipinski definition) is 2. The lowest BCUT2D eigenvalue weighted by molar-refractivity contribution is 0.400. The lowest BCUT2D eigenvalue weighted by Gasteiger charge is -2.27. The third kappa shape index (κ3) is 2.56. The molecule has 0 spiro atoms. The first-order valence-corrected chi connectivity index (χ1v) is 8.59. The van der Waals surface area contributed by atoms with Crippen molar-refractivity contribution in [3.8, 4) is 0 Å². The summed E-state index contributed by atoms with van der Waals surface area (Å²) in [7, 11) is 0. The van der Waals surface area contributed by atoms with Gasteiger partial charge in [0.25, 0.3) is 0 Å². The van der Waals surface area contributed by atoms with Gasteiger partial charge in [-0.3, -0.25) is 0 Å². The maximum absolute atomic E-state index is 3.73. The number of anilines is 2. The molecule has 3 aliphatic rings. The van der Waals surface area contributed by atoms with Crippen LogP contribution in [0.3, 0.4) is 0 Å². The molecule has 1 N–H and O–H groups in total. The number of benzene rings is 1. The zero-order valence-corrected chi connectivity index (χ0v) is 13.0. The summed E-state index contributed by atoms with van der Waals surface area (Å²) in [6.07, 6.45) is 10.3. The SMILES string of the molecule is CC(Nc1ccc(N2CCCC2)cc1)C1CC2C=CC1C2. The van der Waals surface area contributed by atoms with E-state index in [4.69, 9.17) is 0 Å². The zero-order chi connectivity index (χ0) is 14.2. The molecule has 0 aromatic heterocycles. The number of rotatable bonds is 4. The smallest absolute Gasteiger partial charge is 0.0367 e. The molecule has 4 atom stereocenters. The minimum Gasteiger partial charge on any atom is -0.382 e. The minimum atomic E-state index is 0.572. The van der Waals surface area contributed by atoms with Gasteiger partial charge in [-0.15, -0.1) is 0 Å². The van der Waals surface area contributed by atoms with Crippen LogP contribution in [0.4, 0.5) is 11.4 Å². The molecule has 2 heteroatoms. The van der Waals surface area contributed by atoms with Crippen LogP contribution in [0.25, 0.3) is 0 Å². The second-order valence-electron chi connectivity index (χ2n) is 7.12. The fourth-order valence-corrected chi connectivity index (χ4v) is 4.51. The van der Waals surface area contributed by atoms with Crippen LogP contribution in [0.5, 0.6) is 0 Å². The molecule has 1 aromatic rings. The van der Waals surface area contributed by atoms with E-state index in [0.717, 1.165) is 17.8 Å². The number of nitrogens with zero attached hydrogens (tertiary/aromatic N) is 1. The van der Waals surface area contributed by atoms with Gasteiger partial charge in [0.05, 0.1) is 0 Å². The van der Waals surface area contributed by atoms with E-state index in [1.54, 1.807) is 0 Å². The van der Waals surface area contributed by atoms with Gasteiger partial charge in [0.15, 0.2) is 0 Å². The highest BCUT2D eigenvalue weighted by Crippen LogP contribution is 2.45. The maximum atomic E-state index is 3.73. The zero-order valence-electron chi connectivity index (χ0n) is 13.0. The summed E-state index contributed by atoms with van der Waals surface area (Å²) < 4.78 is 0. The molecule has 1 saturated heterocycles. The maximum Gasteiger partial charge on any atom is 0.0367 e. The molecular weight excluding hydrogens is 256 g/mol. The van der Waals surface area contributed by atoms with E-state index in [1.165, 1.54) is 50.1 Å². The summed E-state index contributed by atoms with van der Waals surface area (Å²) in [5, 5.41) is 3.73. The molecule has 1 aliphatic heterocycles. The number of hydrogen-bond donors (Lipinski definition) is 1. The summed E-state index contributed by atoms with van der Waals surface area (Å²) in [4.78, 5) is 2.49. The third-order valence-electron chi connectivity index (χ3n) is 5.71. The molecule has 1 heterocycles. The molecule has 1 saturated carbocycles. The van der Waals surface area contributed by atoms with Crippen molar-refractivity contribution in [3.63, 3.8) is 0 Å². The predicted octanol–water partition coefficient (Wildman–Crippen LogP) is 4.30. The molecule has 1 aromatic carbocycles. The van der Waals surface area contributed by atoms with Gasteiger partial charge in [-0.25, -0.2) is 0 Å². The monoisotopic (exact) mass is 282 g/mol.